The Morgan fingerprint density at radius 2 is 2.00 bits per heavy atom. The molecule has 0 aliphatic rings. The van der Waals surface area contributed by atoms with Crippen molar-refractivity contribution < 1.29 is 13.6 Å². The van der Waals surface area contributed by atoms with Gasteiger partial charge in [-0.15, -0.1) is 16.8 Å². The van der Waals surface area contributed by atoms with E-state index in [2.05, 4.69) is 22.1 Å². The second-order valence-corrected chi connectivity index (χ2v) is 7.25. The van der Waals surface area contributed by atoms with Crippen LogP contribution >= 0.6 is 11.8 Å². The number of rotatable bonds is 7. The summed E-state index contributed by atoms with van der Waals surface area (Å²) in [5.74, 6) is -1.14. The Balaban J connectivity index is 1.79. The first-order valence-corrected chi connectivity index (χ1v) is 9.39. The van der Waals surface area contributed by atoms with Gasteiger partial charge in [-0.1, -0.05) is 48.2 Å². The van der Waals surface area contributed by atoms with E-state index in [1.165, 1.54) is 11.8 Å². The molecular weight excluding hydrogens is 382 g/mol. The fourth-order valence-corrected chi connectivity index (χ4v) is 3.37. The molecule has 3 aromatic rings. The van der Waals surface area contributed by atoms with Gasteiger partial charge in [0.2, 0.25) is 5.91 Å². The van der Waals surface area contributed by atoms with E-state index in [1.807, 2.05) is 34.9 Å². The molecule has 0 saturated carbocycles. The Hall–Kier alpha value is -3.00. The van der Waals surface area contributed by atoms with E-state index >= 15 is 0 Å². The summed E-state index contributed by atoms with van der Waals surface area (Å²) < 4.78 is 28.9. The molecule has 1 aromatic heterocycles. The molecule has 0 spiro atoms. The van der Waals surface area contributed by atoms with Crippen molar-refractivity contribution in [2.75, 3.05) is 5.32 Å². The smallest absolute Gasteiger partial charge is 0.237 e. The van der Waals surface area contributed by atoms with Crippen LogP contribution in [0, 0.1) is 11.6 Å². The van der Waals surface area contributed by atoms with Crippen LogP contribution in [0.3, 0.4) is 0 Å². The molecule has 0 unspecified atom stereocenters. The van der Waals surface area contributed by atoms with Crippen molar-refractivity contribution in [1.29, 1.82) is 0 Å². The topological polar surface area (TPSA) is 59.8 Å². The van der Waals surface area contributed by atoms with Gasteiger partial charge in [0.25, 0.3) is 0 Å². The van der Waals surface area contributed by atoms with Crippen molar-refractivity contribution in [3.05, 3.63) is 72.8 Å². The summed E-state index contributed by atoms with van der Waals surface area (Å²) in [7, 11) is 0. The standard InChI is InChI=1S/C20H18F2N4OS/c1-3-11-26-18(14-7-5-4-6-8-14)24-25-20(26)28-13(2)19(27)23-17-12-15(21)9-10-16(17)22/h3-10,12-13H,1,11H2,2H3,(H,23,27)/t13-/m1/s1. The molecule has 1 N–H and O–H groups in total. The van der Waals surface area contributed by atoms with Crippen molar-refractivity contribution in [1.82, 2.24) is 14.8 Å². The van der Waals surface area contributed by atoms with E-state index in [0.29, 0.717) is 17.5 Å². The third kappa shape index (κ3) is 4.45. The second-order valence-electron chi connectivity index (χ2n) is 5.94. The molecule has 0 radical (unpaired) electrons. The lowest BCUT2D eigenvalue weighted by atomic mass is 10.2. The van der Waals surface area contributed by atoms with E-state index in [1.54, 1.807) is 13.0 Å². The van der Waals surface area contributed by atoms with Gasteiger partial charge in [-0.3, -0.25) is 9.36 Å². The Kier molecular flexibility index (Phi) is 6.20. The van der Waals surface area contributed by atoms with E-state index in [-0.39, 0.29) is 5.69 Å². The molecule has 28 heavy (non-hydrogen) atoms. The van der Waals surface area contributed by atoms with Gasteiger partial charge in [-0.2, -0.15) is 0 Å². The normalized spacial score (nSPS) is 11.8. The second kappa shape index (κ2) is 8.79. The minimum absolute atomic E-state index is 0.199. The summed E-state index contributed by atoms with van der Waals surface area (Å²) in [6, 6.07) is 12.4. The number of nitrogens with one attached hydrogen (secondary N) is 1. The first-order chi connectivity index (χ1) is 13.5. The number of hydrogen-bond acceptors (Lipinski definition) is 4. The van der Waals surface area contributed by atoms with E-state index in [4.69, 9.17) is 0 Å². The molecule has 2 aromatic carbocycles. The van der Waals surface area contributed by atoms with Crippen LogP contribution in [-0.4, -0.2) is 25.9 Å². The number of thioether (sulfide) groups is 1. The van der Waals surface area contributed by atoms with Crippen molar-refractivity contribution in [2.45, 2.75) is 23.9 Å². The first-order valence-electron chi connectivity index (χ1n) is 8.51. The molecule has 8 heteroatoms. The third-order valence-electron chi connectivity index (χ3n) is 3.90. The van der Waals surface area contributed by atoms with Crippen LogP contribution in [0.5, 0.6) is 0 Å². The van der Waals surface area contributed by atoms with Crippen molar-refractivity contribution in [3.8, 4) is 11.4 Å². The van der Waals surface area contributed by atoms with Gasteiger partial charge in [0.1, 0.15) is 11.6 Å². The zero-order chi connectivity index (χ0) is 20.1. The number of amides is 1. The lowest BCUT2D eigenvalue weighted by Crippen LogP contribution is -2.23. The quantitative estimate of drug-likeness (QED) is 0.468. The Labute approximate surface area is 165 Å². The highest BCUT2D eigenvalue weighted by Gasteiger charge is 2.21. The molecular formula is C20H18F2N4OS. The number of aromatic nitrogens is 3. The van der Waals surface area contributed by atoms with Crippen LogP contribution in [0.25, 0.3) is 11.4 Å². The molecule has 0 aliphatic heterocycles. The molecule has 144 valence electrons. The van der Waals surface area contributed by atoms with Gasteiger partial charge in [0.05, 0.1) is 10.9 Å². The predicted octanol–water partition coefficient (Wildman–Crippen LogP) is 4.53. The van der Waals surface area contributed by atoms with E-state index in [9.17, 15) is 13.6 Å². The van der Waals surface area contributed by atoms with Crippen LogP contribution in [0.15, 0.2) is 66.3 Å². The van der Waals surface area contributed by atoms with Gasteiger partial charge in [0, 0.05) is 18.2 Å². The van der Waals surface area contributed by atoms with Crippen LogP contribution < -0.4 is 5.32 Å². The highest BCUT2D eigenvalue weighted by atomic mass is 32.2. The molecule has 0 aliphatic carbocycles. The van der Waals surface area contributed by atoms with E-state index in [0.717, 1.165) is 23.8 Å². The molecule has 0 fully saturated rings. The van der Waals surface area contributed by atoms with Crippen LogP contribution in [-0.2, 0) is 11.3 Å². The van der Waals surface area contributed by atoms with Gasteiger partial charge in [-0.05, 0) is 19.1 Å². The predicted molar refractivity (Wildman–Crippen MR) is 106 cm³/mol. The molecule has 0 bridgehead atoms. The number of halogens is 2. The number of benzene rings is 2. The molecule has 1 atom stereocenters. The maximum Gasteiger partial charge on any atom is 0.237 e. The number of hydrogen-bond donors (Lipinski definition) is 1. The fourth-order valence-electron chi connectivity index (χ4n) is 2.51. The largest absolute Gasteiger partial charge is 0.323 e. The third-order valence-corrected chi connectivity index (χ3v) is 4.98. The highest BCUT2D eigenvalue weighted by molar-refractivity contribution is 8.00. The lowest BCUT2D eigenvalue weighted by molar-refractivity contribution is -0.115. The summed E-state index contributed by atoms with van der Waals surface area (Å²) >= 11 is 1.18. The zero-order valence-corrected chi connectivity index (χ0v) is 15.9. The molecule has 1 heterocycles. The summed E-state index contributed by atoms with van der Waals surface area (Å²) in [6.07, 6.45) is 1.72. The summed E-state index contributed by atoms with van der Waals surface area (Å²) in [5, 5.41) is 10.7. The molecule has 1 amide bonds. The zero-order valence-electron chi connectivity index (χ0n) is 15.1. The summed E-state index contributed by atoms with van der Waals surface area (Å²) in [5.41, 5.74) is 0.692. The van der Waals surface area contributed by atoms with Crippen LogP contribution in [0.4, 0.5) is 14.5 Å². The molecule has 0 saturated heterocycles. The van der Waals surface area contributed by atoms with Crippen molar-refractivity contribution in [2.24, 2.45) is 0 Å². The minimum Gasteiger partial charge on any atom is -0.323 e. The Morgan fingerprint density at radius 1 is 1.25 bits per heavy atom. The average Bonchev–Trinajstić information content (AvgIpc) is 3.08. The number of allylic oxidation sites excluding steroid dienone is 1. The van der Waals surface area contributed by atoms with Gasteiger partial charge < -0.3 is 5.32 Å². The average molecular weight is 400 g/mol. The van der Waals surface area contributed by atoms with Gasteiger partial charge in [-0.25, -0.2) is 8.78 Å². The molecule has 5 nitrogen and oxygen atoms in total. The van der Waals surface area contributed by atoms with Gasteiger partial charge in [0.15, 0.2) is 11.0 Å². The Morgan fingerprint density at radius 3 is 2.71 bits per heavy atom. The van der Waals surface area contributed by atoms with Crippen LogP contribution in [0.2, 0.25) is 0 Å². The van der Waals surface area contributed by atoms with Crippen molar-refractivity contribution in [3.63, 3.8) is 0 Å². The Bertz CT molecular complexity index is 991. The van der Waals surface area contributed by atoms with Gasteiger partial charge >= 0.3 is 0 Å². The molecule has 3 rings (SSSR count). The monoisotopic (exact) mass is 400 g/mol. The van der Waals surface area contributed by atoms with E-state index < -0.39 is 22.8 Å². The number of anilines is 1. The number of nitrogens with zero attached hydrogens (tertiary/aromatic N) is 3. The minimum atomic E-state index is -0.701. The number of carbonyl (C=O) groups excluding carboxylic acids is 1. The van der Waals surface area contributed by atoms with Crippen LogP contribution in [0.1, 0.15) is 6.92 Å². The highest BCUT2D eigenvalue weighted by Crippen LogP contribution is 2.27. The van der Waals surface area contributed by atoms with Crippen molar-refractivity contribution >= 4 is 23.4 Å². The first kappa shape index (κ1) is 19.8. The maximum absolute atomic E-state index is 13.8. The fraction of sp³-hybridized carbons (Fsp3) is 0.150. The summed E-state index contributed by atoms with van der Waals surface area (Å²) in [4.78, 5) is 12.4. The number of carbonyl (C=O) groups is 1. The summed E-state index contributed by atoms with van der Waals surface area (Å²) in [6.45, 7) is 5.88. The maximum atomic E-state index is 13.8. The SMILES string of the molecule is C=CCn1c(S[C@H](C)C(=O)Nc2cc(F)ccc2F)nnc1-c1ccccc1. The lowest BCUT2D eigenvalue weighted by Gasteiger charge is -2.13.